The maximum Gasteiger partial charge on any atom is 0.240 e. The molecule has 0 spiro atoms. The first-order chi connectivity index (χ1) is 8.21. The number of hydrogen-bond acceptors (Lipinski definition) is 3. The van der Waals surface area contributed by atoms with Gasteiger partial charge in [-0.15, -0.1) is 0 Å². The van der Waals surface area contributed by atoms with Gasteiger partial charge in [0, 0.05) is 18.9 Å². The van der Waals surface area contributed by atoms with Gasteiger partial charge in [0.1, 0.15) is 0 Å². The van der Waals surface area contributed by atoms with E-state index >= 15 is 0 Å². The molecule has 1 aliphatic rings. The van der Waals surface area contributed by atoms with Crippen LogP contribution >= 0.6 is 0 Å². The van der Waals surface area contributed by atoms with Crippen LogP contribution < -0.4 is 10.6 Å². The van der Waals surface area contributed by atoms with E-state index in [0.29, 0.717) is 6.54 Å². The Kier molecular flexibility index (Phi) is 3.74. The molecule has 2 heterocycles. The number of piperidine rings is 1. The molecule has 92 valence electrons. The molecule has 1 unspecified atom stereocenters. The smallest absolute Gasteiger partial charge is 0.240 e. The number of nitrogens with zero attached hydrogens (tertiary/aromatic N) is 1. The second kappa shape index (κ2) is 5.27. The predicted molar refractivity (Wildman–Crippen MR) is 66.3 cm³/mol. The minimum absolute atomic E-state index is 0.0843. The third kappa shape index (κ3) is 3.03. The average molecular weight is 233 g/mol. The molecule has 4 nitrogen and oxygen atoms in total. The van der Waals surface area contributed by atoms with E-state index in [1.54, 1.807) is 12.4 Å². The molecule has 17 heavy (non-hydrogen) atoms. The van der Waals surface area contributed by atoms with Crippen LogP contribution in [0, 0.1) is 0 Å². The highest BCUT2D eigenvalue weighted by Gasteiger charge is 2.33. The van der Waals surface area contributed by atoms with E-state index in [4.69, 9.17) is 0 Å². The molecule has 1 amide bonds. The molecule has 0 bridgehead atoms. The summed E-state index contributed by atoms with van der Waals surface area (Å²) in [6, 6.07) is 3.84. The number of amides is 1. The number of carbonyl (C=O) groups is 1. The molecule has 1 aliphatic heterocycles. The molecule has 0 radical (unpaired) electrons. The Morgan fingerprint density at radius 3 is 3.12 bits per heavy atom. The van der Waals surface area contributed by atoms with E-state index < -0.39 is 5.54 Å². The molecule has 1 atom stereocenters. The lowest BCUT2D eigenvalue weighted by Gasteiger charge is -2.33. The second-order valence-corrected chi connectivity index (χ2v) is 4.76. The van der Waals surface area contributed by atoms with Crippen LogP contribution in [-0.2, 0) is 11.3 Å². The molecular weight excluding hydrogens is 214 g/mol. The molecule has 1 aromatic heterocycles. The van der Waals surface area contributed by atoms with E-state index in [-0.39, 0.29) is 5.91 Å². The molecule has 1 saturated heterocycles. The molecule has 0 saturated carbocycles. The van der Waals surface area contributed by atoms with Crippen LogP contribution in [-0.4, -0.2) is 23.0 Å². The summed E-state index contributed by atoms with van der Waals surface area (Å²) in [5.74, 6) is 0.0843. The van der Waals surface area contributed by atoms with Crippen molar-refractivity contribution in [1.82, 2.24) is 15.6 Å². The summed E-state index contributed by atoms with van der Waals surface area (Å²) in [6.07, 6.45) is 6.69. The highest BCUT2D eigenvalue weighted by Crippen LogP contribution is 2.18. The van der Waals surface area contributed by atoms with Gasteiger partial charge in [-0.3, -0.25) is 9.78 Å². The third-order valence-corrected chi connectivity index (χ3v) is 3.30. The van der Waals surface area contributed by atoms with Crippen LogP contribution in [0.25, 0.3) is 0 Å². The Morgan fingerprint density at radius 2 is 2.47 bits per heavy atom. The topological polar surface area (TPSA) is 54.0 Å². The van der Waals surface area contributed by atoms with Crippen LogP contribution in [0.2, 0.25) is 0 Å². The first-order valence-electron chi connectivity index (χ1n) is 6.13. The third-order valence-electron chi connectivity index (χ3n) is 3.30. The summed E-state index contributed by atoms with van der Waals surface area (Å²) in [5.41, 5.74) is 0.626. The monoisotopic (exact) mass is 233 g/mol. The largest absolute Gasteiger partial charge is 0.350 e. The minimum atomic E-state index is -0.402. The fourth-order valence-corrected chi connectivity index (χ4v) is 2.13. The van der Waals surface area contributed by atoms with Crippen LogP contribution in [0.15, 0.2) is 24.5 Å². The zero-order valence-corrected chi connectivity index (χ0v) is 10.2. The summed E-state index contributed by atoms with van der Waals surface area (Å²) >= 11 is 0. The molecule has 4 heteroatoms. The molecule has 0 aromatic carbocycles. The minimum Gasteiger partial charge on any atom is -0.350 e. The summed E-state index contributed by atoms with van der Waals surface area (Å²) in [4.78, 5) is 16.1. The normalized spacial score (nSPS) is 24.3. The predicted octanol–water partition coefficient (Wildman–Crippen LogP) is 1.23. The summed E-state index contributed by atoms with van der Waals surface area (Å²) < 4.78 is 0. The maximum atomic E-state index is 12.1. The SMILES string of the molecule is CC1(C(=O)NCc2cccnc2)CCCCN1. The van der Waals surface area contributed by atoms with Gasteiger partial charge in [0.2, 0.25) is 5.91 Å². The number of carbonyl (C=O) groups excluding carboxylic acids is 1. The zero-order chi connectivity index (χ0) is 12.1. The van der Waals surface area contributed by atoms with Gasteiger partial charge in [-0.05, 0) is 44.4 Å². The maximum absolute atomic E-state index is 12.1. The van der Waals surface area contributed by atoms with Gasteiger partial charge < -0.3 is 10.6 Å². The van der Waals surface area contributed by atoms with Crippen molar-refractivity contribution in [3.63, 3.8) is 0 Å². The fourth-order valence-electron chi connectivity index (χ4n) is 2.13. The molecular formula is C13H19N3O. The summed E-state index contributed by atoms with van der Waals surface area (Å²) in [5, 5.41) is 6.27. The van der Waals surface area contributed by atoms with Crippen LogP contribution in [0.4, 0.5) is 0 Å². The van der Waals surface area contributed by atoms with Gasteiger partial charge in [0.25, 0.3) is 0 Å². The van der Waals surface area contributed by atoms with Gasteiger partial charge in [0.15, 0.2) is 0 Å². The lowest BCUT2D eigenvalue weighted by Crippen LogP contribution is -2.56. The Hall–Kier alpha value is -1.42. The van der Waals surface area contributed by atoms with Crippen molar-refractivity contribution in [3.05, 3.63) is 30.1 Å². The molecule has 0 aliphatic carbocycles. The van der Waals surface area contributed by atoms with Crippen molar-refractivity contribution < 1.29 is 4.79 Å². The fraction of sp³-hybridized carbons (Fsp3) is 0.538. The van der Waals surface area contributed by atoms with Crippen molar-refractivity contribution in [2.75, 3.05) is 6.54 Å². The number of pyridine rings is 1. The van der Waals surface area contributed by atoms with Crippen LogP contribution in [0.5, 0.6) is 0 Å². The highest BCUT2D eigenvalue weighted by molar-refractivity contribution is 5.85. The summed E-state index contributed by atoms with van der Waals surface area (Å²) in [7, 11) is 0. The van der Waals surface area contributed by atoms with Gasteiger partial charge in [-0.25, -0.2) is 0 Å². The van der Waals surface area contributed by atoms with E-state index in [9.17, 15) is 4.79 Å². The first-order valence-corrected chi connectivity index (χ1v) is 6.13. The highest BCUT2D eigenvalue weighted by atomic mass is 16.2. The molecule has 2 N–H and O–H groups in total. The van der Waals surface area contributed by atoms with Crippen molar-refractivity contribution in [1.29, 1.82) is 0 Å². The van der Waals surface area contributed by atoms with Crippen LogP contribution in [0.3, 0.4) is 0 Å². The van der Waals surface area contributed by atoms with E-state index in [0.717, 1.165) is 31.4 Å². The average Bonchev–Trinajstić information content (AvgIpc) is 2.38. The van der Waals surface area contributed by atoms with Crippen LogP contribution in [0.1, 0.15) is 31.7 Å². The number of rotatable bonds is 3. The number of hydrogen-bond donors (Lipinski definition) is 2. The van der Waals surface area contributed by atoms with Crippen molar-refractivity contribution in [2.45, 2.75) is 38.3 Å². The number of nitrogens with one attached hydrogen (secondary N) is 2. The molecule has 1 aromatic rings. The van der Waals surface area contributed by atoms with Gasteiger partial charge >= 0.3 is 0 Å². The Labute approximate surface area is 102 Å². The second-order valence-electron chi connectivity index (χ2n) is 4.76. The molecule has 1 fully saturated rings. The van der Waals surface area contributed by atoms with E-state index in [1.165, 1.54) is 0 Å². The Morgan fingerprint density at radius 1 is 1.59 bits per heavy atom. The van der Waals surface area contributed by atoms with Gasteiger partial charge in [0.05, 0.1) is 5.54 Å². The van der Waals surface area contributed by atoms with Crippen molar-refractivity contribution >= 4 is 5.91 Å². The van der Waals surface area contributed by atoms with E-state index in [2.05, 4.69) is 15.6 Å². The first kappa shape index (κ1) is 12.0. The van der Waals surface area contributed by atoms with Crippen molar-refractivity contribution in [3.8, 4) is 0 Å². The molecule has 2 rings (SSSR count). The Balaban J connectivity index is 1.88. The lowest BCUT2D eigenvalue weighted by molar-refractivity contribution is -0.128. The van der Waals surface area contributed by atoms with Gasteiger partial charge in [-0.1, -0.05) is 6.07 Å². The Bertz CT molecular complexity index is 372. The van der Waals surface area contributed by atoms with Gasteiger partial charge in [-0.2, -0.15) is 0 Å². The zero-order valence-electron chi connectivity index (χ0n) is 10.2. The summed E-state index contributed by atoms with van der Waals surface area (Å²) in [6.45, 7) is 3.45. The quantitative estimate of drug-likeness (QED) is 0.825. The van der Waals surface area contributed by atoms with E-state index in [1.807, 2.05) is 19.1 Å². The lowest BCUT2D eigenvalue weighted by atomic mass is 9.90. The number of aromatic nitrogens is 1. The standard InChI is InChI=1S/C13H19N3O/c1-13(6-2-3-8-16-13)12(17)15-10-11-5-4-7-14-9-11/h4-5,7,9,16H,2-3,6,8,10H2,1H3,(H,15,17). The van der Waals surface area contributed by atoms with Crippen molar-refractivity contribution in [2.24, 2.45) is 0 Å².